The highest BCUT2D eigenvalue weighted by Crippen LogP contribution is 2.15. The minimum Gasteiger partial charge on any atom is -0.385 e. The van der Waals surface area contributed by atoms with Gasteiger partial charge >= 0.3 is 0 Å². The molecular formula is C30H54N6O4. The van der Waals surface area contributed by atoms with Crippen LogP contribution in [0, 0.1) is 20.2 Å². The van der Waals surface area contributed by atoms with Crippen LogP contribution in [-0.4, -0.2) is 84.0 Å². The Hall–Kier alpha value is -2.72. The molecule has 0 unspecified atom stereocenters. The molecule has 228 valence electrons. The van der Waals surface area contributed by atoms with Gasteiger partial charge in [0.25, 0.3) is 11.4 Å². The lowest BCUT2D eigenvalue weighted by Gasteiger charge is -2.28. The summed E-state index contributed by atoms with van der Waals surface area (Å²) in [5.41, 5.74) is 1.95. The van der Waals surface area contributed by atoms with Gasteiger partial charge < -0.3 is 20.0 Å². The molecule has 0 aromatic carbocycles. The van der Waals surface area contributed by atoms with Crippen molar-refractivity contribution < 1.29 is 9.85 Å². The summed E-state index contributed by atoms with van der Waals surface area (Å²) in [6.45, 7) is 16.1. The lowest BCUT2D eigenvalue weighted by atomic mass is 10.1. The Balaban J connectivity index is 0.000000400. The molecule has 0 aliphatic carbocycles. The van der Waals surface area contributed by atoms with E-state index >= 15 is 0 Å². The molecule has 0 amide bonds. The summed E-state index contributed by atoms with van der Waals surface area (Å²) < 4.78 is 0. The van der Waals surface area contributed by atoms with Gasteiger partial charge in [-0.1, -0.05) is 39.3 Å². The molecule has 10 heteroatoms. The first-order chi connectivity index (χ1) is 19.2. The fourth-order valence-electron chi connectivity index (χ4n) is 4.98. The molecule has 40 heavy (non-hydrogen) atoms. The molecule has 0 aromatic heterocycles. The van der Waals surface area contributed by atoms with Crippen molar-refractivity contribution in [3.63, 3.8) is 0 Å². The van der Waals surface area contributed by atoms with Crippen molar-refractivity contribution in [3.05, 3.63) is 67.3 Å². The van der Waals surface area contributed by atoms with E-state index in [4.69, 9.17) is 0 Å². The third-order valence-corrected chi connectivity index (χ3v) is 7.26. The molecule has 0 radical (unpaired) electrons. The Morgan fingerprint density at radius 1 is 0.850 bits per heavy atom. The zero-order chi connectivity index (χ0) is 29.8. The maximum atomic E-state index is 11.1. The standard InChI is InChI=1S/2C15H27N3O2/c1-4-8-14(2)15(18(19)20)13-16(3)11-12-17-9-6-5-7-10-17;1-3-8-14(4-2)15(18(19)20)13-16-9-7-12-17-10-5-6-11-17/h8,13H,4-7,9-12H2,1-3H3;8,13,16H,3-7,9-12H2,1-2H3/b2*14-8+,15-13+. The molecule has 0 bridgehead atoms. The normalized spacial score (nSPS) is 17.8. The van der Waals surface area contributed by atoms with Crippen molar-refractivity contribution in [1.82, 2.24) is 20.0 Å². The van der Waals surface area contributed by atoms with Gasteiger partial charge in [0.15, 0.2) is 0 Å². The minimum atomic E-state index is -0.293. The predicted molar refractivity (Wildman–Crippen MR) is 164 cm³/mol. The summed E-state index contributed by atoms with van der Waals surface area (Å²) in [7, 11) is 1.91. The number of nitro groups is 2. The molecule has 2 fully saturated rings. The Morgan fingerprint density at radius 2 is 1.40 bits per heavy atom. The van der Waals surface area contributed by atoms with Gasteiger partial charge in [0, 0.05) is 37.8 Å². The van der Waals surface area contributed by atoms with Crippen molar-refractivity contribution in [2.45, 2.75) is 85.5 Å². The topological polar surface area (TPSA) is 108 Å². The second-order valence-corrected chi connectivity index (χ2v) is 10.6. The van der Waals surface area contributed by atoms with Crippen LogP contribution in [-0.2, 0) is 0 Å². The maximum absolute atomic E-state index is 11.1. The van der Waals surface area contributed by atoms with E-state index in [0.29, 0.717) is 6.42 Å². The van der Waals surface area contributed by atoms with Gasteiger partial charge in [-0.25, -0.2) is 0 Å². The summed E-state index contributed by atoms with van der Waals surface area (Å²) in [5, 5.41) is 25.3. The largest absolute Gasteiger partial charge is 0.385 e. The van der Waals surface area contributed by atoms with Crippen molar-refractivity contribution >= 4 is 0 Å². The van der Waals surface area contributed by atoms with Crippen molar-refractivity contribution in [2.75, 3.05) is 59.4 Å². The Labute approximate surface area is 242 Å². The van der Waals surface area contributed by atoms with Crippen LogP contribution < -0.4 is 5.32 Å². The summed E-state index contributed by atoms with van der Waals surface area (Å²) in [6, 6.07) is 0. The molecule has 0 spiro atoms. The molecule has 0 saturated carbocycles. The Morgan fingerprint density at radius 3 is 1.93 bits per heavy atom. The lowest BCUT2D eigenvalue weighted by molar-refractivity contribution is -0.421. The first-order valence-electron chi connectivity index (χ1n) is 15.2. The first kappa shape index (κ1) is 35.3. The van der Waals surface area contributed by atoms with Crippen LogP contribution in [0.5, 0.6) is 0 Å². The zero-order valence-corrected chi connectivity index (χ0v) is 25.7. The van der Waals surface area contributed by atoms with Crippen molar-refractivity contribution in [3.8, 4) is 0 Å². The van der Waals surface area contributed by atoms with Gasteiger partial charge in [-0.15, -0.1) is 0 Å². The minimum absolute atomic E-state index is 0.202. The molecule has 1 N–H and O–H groups in total. The molecule has 10 nitrogen and oxygen atoms in total. The highest BCUT2D eigenvalue weighted by Gasteiger charge is 2.16. The molecule has 2 rings (SSSR count). The number of nitrogens with one attached hydrogen (secondary N) is 1. The number of hydrogen-bond acceptors (Lipinski definition) is 8. The van der Waals surface area contributed by atoms with Crippen LogP contribution in [0.1, 0.15) is 85.5 Å². The van der Waals surface area contributed by atoms with Gasteiger partial charge in [0.05, 0.1) is 22.2 Å². The van der Waals surface area contributed by atoms with E-state index in [9.17, 15) is 20.2 Å². The number of likely N-dealkylation sites (tertiary alicyclic amines) is 2. The summed E-state index contributed by atoms with van der Waals surface area (Å²) >= 11 is 0. The van der Waals surface area contributed by atoms with Crippen LogP contribution in [0.25, 0.3) is 0 Å². The second-order valence-electron chi connectivity index (χ2n) is 10.6. The van der Waals surface area contributed by atoms with Crippen LogP contribution in [0.4, 0.5) is 0 Å². The molecule has 0 aromatic rings. The second kappa shape index (κ2) is 21.1. The van der Waals surface area contributed by atoms with Gasteiger partial charge in [0.2, 0.25) is 0 Å². The molecular weight excluding hydrogens is 508 g/mol. The number of likely N-dealkylation sites (N-methyl/N-ethyl adjacent to an activating group) is 1. The van der Waals surface area contributed by atoms with Crippen LogP contribution in [0.15, 0.2) is 47.1 Å². The predicted octanol–water partition coefficient (Wildman–Crippen LogP) is 5.80. The van der Waals surface area contributed by atoms with Crippen LogP contribution in [0.2, 0.25) is 0 Å². The lowest BCUT2D eigenvalue weighted by Crippen LogP contribution is -2.35. The molecule has 2 heterocycles. The van der Waals surface area contributed by atoms with Gasteiger partial charge in [-0.3, -0.25) is 20.2 Å². The van der Waals surface area contributed by atoms with Crippen LogP contribution >= 0.6 is 0 Å². The Bertz CT molecular complexity index is 871. The third-order valence-electron chi connectivity index (χ3n) is 7.26. The smallest absolute Gasteiger partial charge is 0.287 e. The van der Waals surface area contributed by atoms with Crippen molar-refractivity contribution in [1.29, 1.82) is 0 Å². The fraction of sp³-hybridized carbons (Fsp3) is 0.733. The van der Waals surface area contributed by atoms with E-state index < -0.39 is 0 Å². The Kier molecular flexibility index (Phi) is 18.6. The number of rotatable bonds is 16. The monoisotopic (exact) mass is 562 g/mol. The number of hydrogen-bond donors (Lipinski definition) is 1. The molecule has 2 aliphatic heterocycles. The van der Waals surface area contributed by atoms with E-state index in [1.165, 1.54) is 45.2 Å². The SMILES string of the molecule is CC/C=C(C)/C(=C\N(C)CCN1CCCCC1)[N+](=O)[O-].CC/C=C(CC)/C(=C\NCCCN1CCCC1)[N+](=O)[O-]. The number of nitrogens with zero attached hydrogens (tertiary/aromatic N) is 5. The highest BCUT2D eigenvalue weighted by molar-refractivity contribution is 5.24. The maximum Gasteiger partial charge on any atom is 0.287 e. The summed E-state index contributed by atoms with van der Waals surface area (Å²) in [5.74, 6) is 0. The zero-order valence-electron chi connectivity index (χ0n) is 25.7. The summed E-state index contributed by atoms with van der Waals surface area (Å²) in [4.78, 5) is 28.4. The summed E-state index contributed by atoms with van der Waals surface area (Å²) in [6.07, 6.45) is 16.9. The fourth-order valence-corrected chi connectivity index (χ4v) is 4.98. The van der Waals surface area contributed by atoms with E-state index in [2.05, 4.69) is 15.1 Å². The van der Waals surface area contributed by atoms with Crippen LogP contribution in [0.3, 0.4) is 0 Å². The first-order valence-corrected chi connectivity index (χ1v) is 15.2. The third kappa shape index (κ3) is 14.6. The molecule has 2 aliphatic rings. The quantitative estimate of drug-likeness (QED) is 0.109. The average Bonchev–Trinajstić information content (AvgIpc) is 3.46. The van der Waals surface area contributed by atoms with E-state index in [1.807, 2.05) is 44.9 Å². The van der Waals surface area contributed by atoms with E-state index in [1.54, 1.807) is 19.3 Å². The number of piperidine rings is 1. The van der Waals surface area contributed by atoms with E-state index in [0.717, 1.165) is 69.7 Å². The van der Waals surface area contributed by atoms with Gasteiger partial charge in [0.1, 0.15) is 0 Å². The van der Waals surface area contributed by atoms with E-state index in [-0.39, 0.29) is 21.2 Å². The van der Waals surface area contributed by atoms with Crippen molar-refractivity contribution in [2.24, 2.45) is 0 Å². The highest BCUT2D eigenvalue weighted by atomic mass is 16.6. The molecule has 2 saturated heterocycles. The molecule has 0 atom stereocenters. The number of allylic oxidation sites excluding steroid dienone is 4. The van der Waals surface area contributed by atoms with Gasteiger partial charge in [-0.2, -0.15) is 0 Å². The van der Waals surface area contributed by atoms with Gasteiger partial charge in [-0.05, 0) is 91.0 Å². The average molecular weight is 563 g/mol.